The average Bonchev–Trinajstić information content (AvgIpc) is 3.02. The van der Waals surface area contributed by atoms with Gasteiger partial charge in [-0.3, -0.25) is 5.10 Å². The molecule has 23 heavy (non-hydrogen) atoms. The Morgan fingerprint density at radius 3 is 2.39 bits per heavy atom. The van der Waals surface area contributed by atoms with Crippen LogP contribution in [0.5, 0.6) is 11.5 Å². The predicted octanol–water partition coefficient (Wildman–Crippen LogP) is 3.80. The van der Waals surface area contributed by atoms with Crippen molar-refractivity contribution in [2.24, 2.45) is 0 Å². The zero-order chi connectivity index (χ0) is 15.8. The third-order valence-corrected chi connectivity index (χ3v) is 3.91. The first-order valence-electron chi connectivity index (χ1n) is 7.26. The summed E-state index contributed by atoms with van der Waals surface area (Å²) in [5, 5.41) is 9.38. The van der Waals surface area contributed by atoms with Crippen molar-refractivity contribution >= 4 is 21.9 Å². The molecule has 0 unspecified atom stereocenters. The standard InChI is InChI=1S/C18H15N3O2/c1-22-15-9-12-8-13-17(11-6-4-3-5-7-11)20-21-18(13)19-14(12)10-16(15)23-2/h3-10H,1-2H3,(H,19,20,21). The highest BCUT2D eigenvalue weighted by Crippen LogP contribution is 2.34. The molecule has 114 valence electrons. The Morgan fingerprint density at radius 1 is 0.913 bits per heavy atom. The van der Waals surface area contributed by atoms with Crippen LogP contribution in [0.2, 0.25) is 0 Å². The highest BCUT2D eigenvalue weighted by Gasteiger charge is 2.12. The summed E-state index contributed by atoms with van der Waals surface area (Å²) >= 11 is 0. The molecule has 4 rings (SSSR count). The van der Waals surface area contributed by atoms with Gasteiger partial charge in [-0.1, -0.05) is 30.3 Å². The molecule has 0 radical (unpaired) electrons. The van der Waals surface area contributed by atoms with Gasteiger partial charge in [0.15, 0.2) is 17.1 Å². The van der Waals surface area contributed by atoms with Crippen molar-refractivity contribution < 1.29 is 9.47 Å². The van der Waals surface area contributed by atoms with Crippen molar-refractivity contribution in [3.8, 4) is 22.8 Å². The third kappa shape index (κ3) is 2.17. The van der Waals surface area contributed by atoms with Gasteiger partial charge in [-0.15, -0.1) is 0 Å². The number of nitrogens with zero attached hydrogens (tertiary/aromatic N) is 2. The second-order valence-electron chi connectivity index (χ2n) is 5.22. The summed E-state index contributed by atoms with van der Waals surface area (Å²) in [5.74, 6) is 1.34. The van der Waals surface area contributed by atoms with Gasteiger partial charge < -0.3 is 9.47 Å². The van der Waals surface area contributed by atoms with E-state index in [0.717, 1.165) is 27.5 Å². The van der Waals surface area contributed by atoms with E-state index in [-0.39, 0.29) is 0 Å². The summed E-state index contributed by atoms with van der Waals surface area (Å²) in [7, 11) is 3.24. The zero-order valence-corrected chi connectivity index (χ0v) is 12.8. The van der Waals surface area contributed by atoms with Crippen LogP contribution in [0, 0.1) is 0 Å². The van der Waals surface area contributed by atoms with E-state index >= 15 is 0 Å². The molecule has 0 atom stereocenters. The first kappa shape index (κ1) is 13.6. The Bertz CT molecular complexity index is 993. The molecule has 0 saturated heterocycles. The molecule has 0 aliphatic carbocycles. The highest BCUT2D eigenvalue weighted by atomic mass is 16.5. The molecule has 0 aliphatic heterocycles. The van der Waals surface area contributed by atoms with Crippen LogP contribution >= 0.6 is 0 Å². The molecule has 4 aromatic rings. The second kappa shape index (κ2) is 5.28. The maximum atomic E-state index is 5.38. The minimum atomic E-state index is 0.658. The summed E-state index contributed by atoms with van der Waals surface area (Å²) in [5.41, 5.74) is 3.55. The fraction of sp³-hybridized carbons (Fsp3) is 0.111. The van der Waals surface area contributed by atoms with Crippen LogP contribution in [0.1, 0.15) is 0 Å². The molecule has 0 spiro atoms. The van der Waals surface area contributed by atoms with Crippen molar-refractivity contribution in [3.63, 3.8) is 0 Å². The Hall–Kier alpha value is -3.08. The van der Waals surface area contributed by atoms with Crippen molar-refractivity contribution in [2.45, 2.75) is 0 Å². The number of benzene rings is 2. The van der Waals surface area contributed by atoms with Crippen molar-refractivity contribution in [3.05, 3.63) is 48.5 Å². The summed E-state index contributed by atoms with van der Waals surface area (Å²) in [6.45, 7) is 0. The van der Waals surface area contributed by atoms with Gasteiger partial charge in [-0.2, -0.15) is 5.10 Å². The van der Waals surface area contributed by atoms with Crippen LogP contribution < -0.4 is 9.47 Å². The minimum absolute atomic E-state index is 0.658. The predicted molar refractivity (Wildman–Crippen MR) is 89.9 cm³/mol. The van der Waals surface area contributed by atoms with Crippen molar-refractivity contribution in [1.82, 2.24) is 15.2 Å². The molecule has 2 aromatic heterocycles. The number of ether oxygens (including phenoxy) is 2. The molecule has 0 amide bonds. The third-order valence-electron chi connectivity index (χ3n) is 3.91. The van der Waals surface area contributed by atoms with E-state index < -0.39 is 0 Å². The van der Waals surface area contributed by atoms with E-state index in [2.05, 4.69) is 21.2 Å². The number of hydrogen-bond donors (Lipinski definition) is 1. The van der Waals surface area contributed by atoms with Gasteiger partial charge in [0.25, 0.3) is 0 Å². The maximum absolute atomic E-state index is 5.38. The molecule has 5 heteroatoms. The molecule has 5 nitrogen and oxygen atoms in total. The molecule has 2 aromatic carbocycles. The lowest BCUT2D eigenvalue weighted by atomic mass is 10.1. The molecule has 2 heterocycles. The van der Waals surface area contributed by atoms with Gasteiger partial charge in [0.2, 0.25) is 0 Å². The lowest BCUT2D eigenvalue weighted by Gasteiger charge is -2.08. The van der Waals surface area contributed by atoms with E-state index in [1.807, 2.05) is 42.5 Å². The van der Waals surface area contributed by atoms with Crippen LogP contribution in [0.15, 0.2) is 48.5 Å². The number of hydrogen-bond acceptors (Lipinski definition) is 4. The van der Waals surface area contributed by atoms with Crippen LogP contribution in [-0.2, 0) is 0 Å². The molecule has 0 aliphatic rings. The Kier molecular flexibility index (Phi) is 3.12. The number of aromatic nitrogens is 3. The molecular formula is C18H15N3O2. The first-order valence-corrected chi connectivity index (χ1v) is 7.26. The lowest BCUT2D eigenvalue weighted by Crippen LogP contribution is -1.91. The van der Waals surface area contributed by atoms with E-state index in [1.165, 1.54) is 0 Å². The fourth-order valence-electron chi connectivity index (χ4n) is 2.75. The quantitative estimate of drug-likeness (QED) is 0.625. The highest BCUT2D eigenvalue weighted by molar-refractivity contribution is 5.99. The number of rotatable bonds is 3. The van der Waals surface area contributed by atoms with Crippen LogP contribution in [0.25, 0.3) is 33.2 Å². The minimum Gasteiger partial charge on any atom is -0.493 e. The number of aromatic amines is 1. The second-order valence-corrected chi connectivity index (χ2v) is 5.22. The van der Waals surface area contributed by atoms with Crippen LogP contribution in [0.4, 0.5) is 0 Å². The number of nitrogens with one attached hydrogen (secondary N) is 1. The average molecular weight is 305 g/mol. The summed E-state index contributed by atoms with van der Waals surface area (Å²) in [4.78, 5) is 4.63. The molecule has 0 saturated carbocycles. The number of methoxy groups -OCH3 is 2. The Balaban J connectivity index is 1.98. The van der Waals surface area contributed by atoms with E-state index in [9.17, 15) is 0 Å². The topological polar surface area (TPSA) is 60.0 Å². The number of fused-ring (bicyclic) bond motifs is 2. The van der Waals surface area contributed by atoms with Crippen molar-refractivity contribution in [1.29, 1.82) is 0 Å². The maximum Gasteiger partial charge on any atom is 0.182 e. The van der Waals surface area contributed by atoms with Gasteiger partial charge in [-0.05, 0) is 12.1 Å². The summed E-state index contributed by atoms with van der Waals surface area (Å²) in [6, 6.07) is 16.0. The van der Waals surface area contributed by atoms with Gasteiger partial charge >= 0.3 is 0 Å². The van der Waals surface area contributed by atoms with E-state index in [4.69, 9.17) is 9.47 Å². The van der Waals surface area contributed by atoms with Gasteiger partial charge in [0.05, 0.1) is 25.4 Å². The van der Waals surface area contributed by atoms with E-state index in [0.29, 0.717) is 17.1 Å². The van der Waals surface area contributed by atoms with Crippen LogP contribution in [-0.4, -0.2) is 29.4 Å². The summed E-state index contributed by atoms with van der Waals surface area (Å²) in [6.07, 6.45) is 0. The normalized spacial score (nSPS) is 11.0. The first-order chi connectivity index (χ1) is 11.3. The molecule has 0 bridgehead atoms. The Labute approximate surface area is 132 Å². The largest absolute Gasteiger partial charge is 0.493 e. The summed E-state index contributed by atoms with van der Waals surface area (Å²) < 4.78 is 10.7. The number of H-pyrrole nitrogens is 1. The van der Waals surface area contributed by atoms with Gasteiger partial charge in [0, 0.05) is 22.4 Å². The van der Waals surface area contributed by atoms with Crippen LogP contribution in [0.3, 0.4) is 0 Å². The molecule has 1 N–H and O–H groups in total. The number of pyridine rings is 1. The Morgan fingerprint density at radius 2 is 1.65 bits per heavy atom. The zero-order valence-electron chi connectivity index (χ0n) is 12.8. The monoisotopic (exact) mass is 305 g/mol. The smallest absolute Gasteiger partial charge is 0.182 e. The lowest BCUT2D eigenvalue weighted by molar-refractivity contribution is 0.356. The molecule has 0 fully saturated rings. The SMILES string of the molecule is COc1cc2cc3c(-c4ccccc4)[nH]nc3nc2cc1OC. The van der Waals surface area contributed by atoms with Gasteiger partial charge in [0.1, 0.15) is 0 Å². The fourth-order valence-corrected chi connectivity index (χ4v) is 2.75. The van der Waals surface area contributed by atoms with Crippen molar-refractivity contribution in [2.75, 3.05) is 14.2 Å². The van der Waals surface area contributed by atoms with E-state index in [1.54, 1.807) is 14.2 Å². The van der Waals surface area contributed by atoms with Gasteiger partial charge in [-0.25, -0.2) is 4.98 Å². The molecular weight excluding hydrogens is 290 g/mol.